The van der Waals surface area contributed by atoms with Crippen LogP contribution in [0.4, 0.5) is 5.69 Å². The average Bonchev–Trinajstić information content (AvgIpc) is 3.22. The van der Waals surface area contributed by atoms with Gasteiger partial charge in [-0.25, -0.2) is 0 Å². The lowest BCUT2D eigenvalue weighted by molar-refractivity contribution is -0.129. The summed E-state index contributed by atoms with van der Waals surface area (Å²) in [5.74, 6) is 0.0722. The van der Waals surface area contributed by atoms with Gasteiger partial charge in [0, 0.05) is 50.6 Å². The molecular formula is C31H28ClN7O. The zero-order valence-corrected chi connectivity index (χ0v) is 23.3. The number of fused-ring (bicyclic) bond motifs is 3. The maximum Gasteiger partial charge on any atom is 0.219 e. The third kappa shape index (κ3) is 4.19. The highest BCUT2D eigenvalue weighted by molar-refractivity contribution is 6.30. The third-order valence-electron chi connectivity index (χ3n) is 7.85. The van der Waals surface area contributed by atoms with Crippen LogP contribution in [0.1, 0.15) is 18.1 Å². The lowest BCUT2D eigenvalue weighted by Gasteiger charge is -2.36. The van der Waals surface area contributed by atoms with Crippen molar-refractivity contribution in [2.75, 3.05) is 31.1 Å². The van der Waals surface area contributed by atoms with E-state index in [-0.39, 0.29) is 11.5 Å². The SMILES string of the molecule is CC(=O)N1CCN(c2cc(C)c(-n3c(=N)n(C)c4cnc5ccc(-c6ccc(Cl)cc6)cc5c43)cc2C#N)CC1. The van der Waals surface area contributed by atoms with Gasteiger partial charge in [-0.3, -0.25) is 19.8 Å². The van der Waals surface area contributed by atoms with E-state index in [2.05, 4.69) is 17.0 Å². The van der Waals surface area contributed by atoms with Crippen molar-refractivity contribution >= 4 is 45.1 Å². The Hall–Kier alpha value is -4.61. The fourth-order valence-corrected chi connectivity index (χ4v) is 5.74. The van der Waals surface area contributed by atoms with E-state index in [1.165, 1.54) is 0 Å². The molecule has 40 heavy (non-hydrogen) atoms. The number of piperazine rings is 1. The first-order valence-corrected chi connectivity index (χ1v) is 13.5. The van der Waals surface area contributed by atoms with E-state index in [1.807, 2.05) is 76.5 Å². The molecule has 0 bridgehead atoms. The lowest BCUT2D eigenvalue weighted by atomic mass is 10.0. The molecule has 2 aromatic heterocycles. The molecule has 1 amide bonds. The number of hydrogen-bond donors (Lipinski definition) is 1. The van der Waals surface area contributed by atoms with E-state index in [0.29, 0.717) is 36.8 Å². The van der Waals surface area contributed by atoms with E-state index in [9.17, 15) is 10.1 Å². The number of hydrogen-bond acceptors (Lipinski definition) is 5. The number of nitrogens with one attached hydrogen (secondary N) is 1. The van der Waals surface area contributed by atoms with Crippen molar-refractivity contribution in [3.8, 4) is 22.9 Å². The summed E-state index contributed by atoms with van der Waals surface area (Å²) in [5, 5.41) is 20.8. The second kappa shape index (κ2) is 9.85. The fourth-order valence-electron chi connectivity index (χ4n) is 5.61. The van der Waals surface area contributed by atoms with E-state index in [4.69, 9.17) is 22.0 Å². The molecule has 200 valence electrons. The molecule has 0 saturated carbocycles. The summed E-state index contributed by atoms with van der Waals surface area (Å²) in [4.78, 5) is 20.5. The van der Waals surface area contributed by atoms with Gasteiger partial charge >= 0.3 is 0 Å². The Morgan fingerprint density at radius 3 is 2.38 bits per heavy atom. The van der Waals surface area contributed by atoms with Gasteiger partial charge in [0.2, 0.25) is 11.5 Å². The highest BCUT2D eigenvalue weighted by Crippen LogP contribution is 2.33. The van der Waals surface area contributed by atoms with Gasteiger partial charge in [0.05, 0.1) is 39.7 Å². The summed E-state index contributed by atoms with van der Waals surface area (Å²) < 4.78 is 3.73. The third-order valence-corrected chi connectivity index (χ3v) is 8.11. The Balaban J connectivity index is 1.53. The van der Waals surface area contributed by atoms with Crippen molar-refractivity contribution in [1.82, 2.24) is 19.0 Å². The maximum absolute atomic E-state index is 11.8. The lowest BCUT2D eigenvalue weighted by Crippen LogP contribution is -2.48. The molecule has 9 heteroatoms. The summed E-state index contributed by atoms with van der Waals surface area (Å²) in [7, 11) is 1.86. The molecule has 5 aromatic rings. The number of aryl methyl sites for hydroxylation is 2. The smallest absolute Gasteiger partial charge is 0.219 e. The second-order valence-corrected chi connectivity index (χ2v) is 10.6. The fraction of sp³-hybridized carbons (Fsp3) is 0.226. The number of aromatic nitrogens is 3. The zero-order chi connectivity index (χ0) is 28.1. The summed E-state index contributed by atoms with van der Waals surface area (Å²) in [6.07, 6.45) is 1.80. The zero-order valence-electron chi connectivity index (χ0n) is 22.6. The minimum absolute atomic E-state index is 0.0722. The number of carbonyl (C=O) groups excluding carboxylic acids is 1. The minimum Gasteiger partial charge on any atom is -0.367 e. The number of amides is 1. The van der Waals surface area contributed by atoms with Gasteiger partial charge in [-0.1, -0.05) is 29.8 Å². The van der Waals surface area contributed by atoms with Crippen LogP contribution in [0.3, 0.4) is 0 Å². The van der Waals surface area contributed by atoms with Crippen LogP contribution < -0.4 is 10.5 Å². The van der Waals surface area contributed by atoms with E-state index in [1.54, 1.807) is 13.1 Å². The Morgan fingerprint density at radius 1 is 1.00 bits per heavy atom. The molecule has 1 saturated heterocycles. The number of nitriles is 1. The van der Waals surface area contributed by atoms with Gasteiger partial charge in [-0.15, -0.1) is 0 Å². The number of carbonyl (C=O) groups is 1. The molecule has 0 aliphatic carbocycles. The molecule has 0 radical (unpaired) electrons. The number of rotatable bonds is 3. The number of nitrogens with zero attached hydrogens (tertiary/aromatic N) is 6. The Bertz CT molecular complexity index is 1910. The molecule has 3 aromatic carbocycles. The van der Waals surface area contributed by atoms with Crippen molar-refractivity contribution in [2.24, 2.45) is 7.05 Å². The van der Waals surface area contributed by atoms with Crippen molar-refractivity contribution in [1.29, 1.82) is 10.7 Å². The van der Waals surface area contributed by atoms with Crippen molar-refractivity contribution < 1.29 is 4.79 Å². The Morgan fingerprint density at radius 2 is 1.70 bits per heavy atom. The van der Waals surface area contributed by atoms with Crippen LogP contribution in [-0.2, 0) is 11.8 Å². The highest BCUT2D eigenvalue weighted by atomic mass is 35.5. The van der Waals surface area contributed by atoms with Crippen molar-refractivity contribution in [3.63, 3.8) is 0 Å². The second-order valence-electron chi connectivity index (χ2n) is 10.2. The minimum atomic E-state index is 0.0722. The number of benzene rings is 3. The molecular weight excluding hydrogens is 522 g/mol. The van der Waals surface area contributed by atoms with Gasteiger partial charge in [0.15, 0.2) is 0 Å². The monoisotopic (exact) mass is 549 g/mol. The van der Waals surface area contributed by atoms with Crippen molar-refractivity contribution in [2.45, 2.75) is 13.8 Å². The Kier molecular flexibility index (Phi) is 6.32. The first-order chi connectivity index (χ1) is 19.3. The van der Waals surface area contributed by atoms with Crippen LogP contribution in [0.25, 0.3) is 38.8 Å². The quantitative estimate of drug-likeness (QED) is 0.336. The summed E-state index contributed by atoms with van der Waals surface area (Å²) in [6, 6.07) is 20.2. The molecule has 1 aliphatic heterocycles. The standard InChI is InChI=1S/C31H28ClN7O/c1-19-14-28(38-12-10-37(11-13-38)20(2)40)23(17-33)16-27(19)39-30-25-15-22(21-4-7-24(32)8-5-21)6-9-26(25)35-18-29(30)36(3)31(39)34/h4-9,14-16,18,34H,10-13H2,1-3H3. The molecule has 1 aliphatic rings. The van der Waals surface area contributed by atoms with Crippen LogP contribution in [-0.4, -0.2) is 51.1 Å². The topological polar surface area (TPSA) is 93.9 Å². The number of anilines is 1. The largest absolute Gasteiger partial charge is 0.367 e. The summed E-state index contributed by atoms with van der Waals surface area (Å²) in [5.41, 5.74) is 7.99. The molecule has 0 unspecified atom stereocenters. The molecule has 8 nitrogen and oxygen atoms in total. The van der Waals surface area contributed by atoms with E-state index < -0.39 is 0 Å². The van der Waals surface area contributed by atoms with Crippen LogP contribution in [0, 0.1) is 23.7 Å². The van der Waals surface area contributed by atoms with Gasteiger partial charge in [-0.2, -0.15) is 5.26 Å². The predicted molar refractivity (Wildman–Crippen MR) is 158 cm³/mol. The van der Waals surface area contributed by atoms with Crippen LogP contribution in [0.15, 0.2) is 60.8 Å². The Labute approximate surface area is 236 Å². The molecule has 0 atom stereocenters. The number of halogens is 1. The summed E-state index contributed by atoms with van der Waals surface area (Å²) >= 11 is 6.12. The van der Waals surface area contributed by atoms with Gasteiger partial charge in [0.1, 0.15) is 6.07 Å². The van der Waals surface area contributed by atoms with Crippen LogP contribution >= 0.6 is 11.6 Å². The molecule has 1 N–H and O–H groups in total. The highest BCUT2D eigenvalue weighted by Gasteiger charge is 2.23. The molecule has 0 spiro atoms. The normalized spacial score (nSPS) is 13.7. The van der Waals surface area contributed by atoms with Crippen LogP contribution in [0.5, 0.6) is 0 Å². The van der Waals surface area contributed by atoms with Crippen molar-refractivity contribution in [3.05, 3.63) is 82.6 Å². The van der Waals surface area contributed by atoms with Crippen LogP contribution in [0.2, 0.25) is 5.02 Å². The average molecular weight is 550 g/mol. The number of pyridine rings is 1. The van der Waals surface area contributed by atoms with Gasteiger partial charge in [0.25, 0.3) is 0 Å². The van der Waals surface area contributed by atoms with E-state index in [0.717, 1.165) is 50.0 Å². The number of imidazole rings is 1. The first kappa shape index (κ1) is 25.7. The molecule has 1 fully saturated rings. The van der Waals surface area contributed by atoms with Gasteiger partial charge < -0.3 is 14.4 Å². The van der Waals surface area contributed by atoms with Gasteiger partial charge in [-0.05, 0) is 60.0 Å². The van der Waals surface area contributed by atoms with E-state index >= 15 is 0 Å². The predicted octanol–water partition coefficient (Wildman–Crippen LogP) is 5.17. The first-order valence-electron chi connectivity index (χ1n) is 13.1. The summed E-state index contributed by atoms with van der Waals surface area (Å²) in [6.45, 7) is 6.20. The molecule has 6 rings (SSSR count). The maximum atomic E-state index is 11.8. The molecule has 3 heterocycles.